The van der Waals surface area contributed by atoms with E-state index in [-0.39, 0.29) is 11.9 Å². The van der Waals surface area contributed by atoms with Crippen LogP contribution in [0.25, 0.3) is 0 Å². The highest BCUT2D eigenvalue weighted by Gasteiger charge is 2.18. The van der Waals surface area contributed by atoms with Crippen LogP contribution in [0.5, 0.6) is 0 Å². The smallest absolute Gasteiger partial charge is 0.330 e. The Morgan fingerprint density at radius 2 is 1.00 bits per heavy atom. The SMILES string of the molecule is CCCCCCC/C=C/C(=O)OC(C)C(C)OC(=O)/C=C/CCCCCCC. The molecule has 2 unspecified atom stereocenters. The lowest BCUT2D eigenvalue weighted by Crippen LogP contribution is -2.29. The molecule has 0 saturated carbocycles. The van der Waals surface area contributed by atoms with Crippen LogP contribution in [0.4, 0.5) is 0 Å². The van der Waals surface area contributed by atoms with Gasteiger partial charge in [0.25, 0.3) is 0 Å². The van der Waals surface area contributed by atoms with Gasteiger partial charge in [0.15, 0.2) is 0 Å². The molecule has 0 aliphatic heterocycles. The van der Waals surface area contributed by atoms with Gasteiger partial charge >= 0.3 is 11.9 Å². The van der Waals surface area contributed by atoms with Crippen molar-refractivity contribution in [2.24, 2.45) is 0 Å². The van der Waals surface area contributed by atoms with Gasteiger partial charge in [-0.3, -0.25) is 0 Å². The average molecular weight is 395 g/mol. The van der Waals surface area contributed by atoms with Gasteiger partial charge in [-0.1, -0.05) is 77.4 Å². The Bertz CT molecular complexity index is 412. The monoisotopic (exact) mass is 394 g/mol. The second-order valence-electron chi connectivity index (χ2n) is 7.49. The van der Waals surface area contributed by atoms with E-state index in [1.807, 2.05) is 12.2 Å². The second-order valence-corrected chi connectivity index (χ2v) is 7.49. The van der Waals surface area contributed by atoms with Crippen molar-refractivity contribution < 1.29 is 19.1 Å². The van der Waals surface area contributed by atoms with Crippen LogP contribution in [0.3, 0.4) is 0 Å². The number of ether oxygens (including phenoxy) is 2. The molecule has 0 bridgehead atoms. The Morgan fingerprint density at radius 1 is 0.643 bits per heavy atom. The molecule has 0 radical (unpaired) electrons. The van der Waals surface area contributed by atoms with Crippen LogP contribution in [0.2, 0.25) is 0 Å². The van der Waals surface area contributed by atoms with E-state index in [2.05, 4.69) is 13.8 Å². The summed E-state index contributed by atoms with van der Waals surface area (Å²) in [5.74, 6) is -0.766. The minimum atomic E-state index is -0.479. The predicted molar refractivity (Wildman–Crippen MR) is 116 cm³/mol. The first-order valence-corrected chi connectivity index (χ1v) is 11.3. The molecule has 0 aromatic rings. The quantitative estimate of drug-likeness (QED) is 0.157. The van der Waals surface area contributed by atoms with E-state index >= 15 is 0 Å². The van der Waals surface area contributed by atoms with E-state index in [9.17, 15) is 9.59 Å². The van der Waals surface area contributed by atoms with Gasteiger partial charge in [0.05, 0.1) is 0 Å². The molecule has 0 heterocycles. The summed E-state index contributed by atoms with van der Waals surface area (Å²) >= 11 is 0. The molecule has 0 aliphatic carbocycles. The molecule has 0 aromatic heterocycles. The number of carbonyl (C=O) groups is 2. The molecule has 0 spiro atoms. The summed E-state index contributed by atoms with van der Waals surface area (Å²) in [5.41, 5.74) is 0. The summed E-state index contributed by atoms with van der Waals surface area (Å²) in [4.78, 5) is 23.7. The van der Waals surface area contributed by atoms with Crippen LogP contribution < -0.4 is 0 Å². The molecule has 0 fully saturated rings. The Hall–Kier alpha value is -1.58. The highest BCUT2D eigenvalue weighted by atomic mass is 16.6. The minimum absolute atomic E-state index is 0.383. The van der Waals surface area contributed by atoms with Crippen molar-refractivity contribution in [1.82, 2.24) is 0 Å². The Labute approximate surface area is 172 Å². The Balaban J connectivity index is 3.92. The number of hydrogen-bond acceptors (Lipinski definition) is 4. The number of rotatable bonds is 17. The van der Waals surface area contributed by atoms with Crippen molar-refractivity contribution in [1.29, 1.82) is 0 Å². The molecule has 0 rings (SSSR count). The minimum Gasteiger partial charge on any atom is -0.456 e. The summed E-state index contributed by atoms with van der Waals surface area (Å²) in [7, 11) is 0. The Morgan fingerprint density at radius 3 is 1.36 bits per heavy atom. The first kappa shape index (κ1) is 26.4. The van der Waals surface area contributed by atoms with Gasteiger partial charge in [-0.05, 0) is 39.5 Å². The summed E-state index contributed by atoms with van der Waals surface area (Å²) in [6.45, 7) is 7.88. The molecule has 4 nitrogen and oxygen atoms in total. The molecule has 0 N–H and O–H groups in total. The molecular weight excluding hydrogens is 352 g/mol. The number of unbranched alkanes of at least 4 members (excludes halogenated alkanes) is 10. The first-order valence-electron chi connectivity index (χ1n) is 11.3. The van der Waals surface area contributed by atoms with Crippen LogP contribution in [0.15, 0.2) is 24.3 Å². The van der Waals surface area contributed by atoms with Gasteiger partial charge < -0.3 is 9.47 Å². The standard InChI is InChI=1S/C24H42O4/c1-5-7-9-11-13-15-17-19-23(25)27-21(3)22(4)28-24(26)20-18-16-14-12-10-8-6-2/h17-22H,5-16H2,1-4H3/b19-17+,20-18+. The van der Waals surface area contributed by atoms with E-state index in [1.54, 1.807) is 13.8 Å². The fourth-order valence-corrected chi connectivity index (χ4v) is 2.73. The second kappa shape index (κ2) is 18.8. The lowest BCUT2D eigenvalue weighted by atomic mass is 10.1. The molecule has 2 atom stereocenters. The van der Waals surface area contributed by atoms with Crippen molar-refractivity contribution in [3.8, 4) is 0 Å². The van der Waals surface area contributed by atoms with Gasteiger partial charge in [0.1, 0.15) is 12.2 Å². The molecule has 0 aromatic carbocycles. The maximum Gasteiger partial charge on any atom is 0.330 e. The topological polar surface area (TPSA) is 52.6 Å². The van der Waals surface area contributed by atoms with Crippen molar-refractivity contribution in [3.63, 3.8) is 0 Å². The molecule has 162 valence electrons. The molecular formula is C24H42O4. The maximum atomic E-state index is 11.8. The zero-order valence-electron chi connectivity index (χ0n) is 18.6. The van der Waals surface area contributed by atoms with Crippen LogP contribution in [0, 0.1) is 0 Å². The molecule has 0 saturated heterocycles. The Kier molecular flexibility index (Phi) is 17.7. The van der Waals surface area contributed by atoms with E-state index in [0.29, 0.717) is 0 Å². The summed E-state index contributed by atoms with van der Waals surface area (Å²) in [5, 5.41) is 0. The highest BCUT2D eigenvalue weighted by Crippen LogP contribution is 2.08. The zero-order chi connectivity index (χ0) is 21.0. The third-order valence-electron chi connectivity index (χ3n) is 4.72. The normalized spacial score (nSPS) is 13.7. The first-order chi connectivity index (χ1) is 13.5. The van der Waals surface area contributed by atoms with Crippen molar-refractivity contribution in [2.75, 3.05) is 0 Å². The summed E-state index contributed by atoms with van der Waals surface area (Å²) in [6, 6.07) is 0. The third kappa shape index (κ3) is 16.6. The van der Waals surface area contributed by atoms with Crippen LogP contribution >= 0.6 is 0 Å². The van der Waals surface area contributed by atoms with E-state index in [4.69, 9.17) is 9.47 Å². The summed E-state index contributed by atoms with van der Waals surface area (Å²) < 4.78 is 10.6. The lowest BCUT2D eigenvalue weighted by molar-refractivity contribution is -0.158. The van der Waals surface area contributed by atoms with Gasteiger partial charge in [-0.2, -0.15) is 0 Å². The van der Waals surface area contributed by atoms with Crippen molar-refractivity contribution in [2.45, 2.75) is 117 Å². The van der Waals surface area contributed by atoms with Gasteiger partial charge in [-0.15, -0.1) is 0 Å². The van der Waals surface area contributed by atoms with Crippen LogP contribution in [-0.4, -0.2) is 24.1 Å². The number of carbonyl (C=O) groups excluding carboxylic acids is 2. The van der Waals surface area contributed by atoms with E-state index < -0.39 is 12.2 Å². The molecule has 4 heteroatoms. The fraction of sp³-hybridized carbons (Fsp3) is 0.750. The molecule has 0 aliphatic rings. The zero-order valence-corrected chi connectivity index (χ0v) is 18.6. The number of allylic oxidation sites excluding steroid dienone is 2. The molecule has 28 heavy (non-hydrogen) atoms. The van der Waals surface area contributed by atoms with Crippen LogP contribution in [-0.2, 0) is 19.1 Å². The van der Waals surface area contributed by atoms with Gasteiger partial charge in [0, 0.05) is 12.2 Å². The number of hydrogen-bond donors (Lipinski definition) is 0. The third-order valence-corrected chi connectivity index (χ3v) is 4.72. The predicted octanol–water partition coefficient (Wildman–Crippen LogP) is 6.68. The highest BCUT2D eigenvalue weighted by molar-refractivity contribution is 5.82. The largest absolute Gasteiger partial charge is 0.456 e. The van der Waals surface area contributed by atoms with Crippen LogP contribution in [0.1, 0.15) is 105 Å². The van der Waals surface area contributed by atoms with Crippen molar-refractivity contribution in [3.05, 3.63) is 24.3 Å². The van der Waals surface area contributed by atoms with Crippen molar-refractivity contribution >= 4 is 11.9 Å². The number of esters is 2. The van der Waals surface area contributed by atoms with Gasteiger partial charge in [-0.25, -0.2) is 9.59 Å². The maximum absolute atomic E-state index is 11.8. The lowest BCUT2D eigenvalue weighted by Gasteiger charge is -2.19. The average Bonchev–Trinajstić information content (AvgIpc) is 2.66. The molecule has 0 amide bonds. The fourth-order valence-electron chi connectivity index (χ4n) is 2.73. The summed E-state index contributed by atoms with van der Waals surface area (Å²) in [6.07, 6.45) is 19.6. The van der Waals surface area contributed by atoms with Gasteiger partial charge in [0.2, 0.25) is 0 Å². The van der Waals surface area contributed by atoms with E-state index in [0.717, 1.165) is 25.7 Å². The van der Waals surface area contributed by atoms with E-state index in [1.165, 1.54) is 63.5 Å².